The molecule has 0 heterocycles. The molecular formula is C18H28N2O2S. The molecule has 0 bridgehead atoms. The highest BCUT2D eigenvalue weighted by Crippen LogP contribution is 2.22. The zero-order chi connectivity index (χ0) is 17.5. The summed E-state index contributed by atoms with van der Waals surface area (Å²) in [5.74, 6) is 0.495. The predicted octanol–water partition coefficient (Wildman–Crippen LogP) is 2.97. The largest absolute Gasteiger partial charge is 0.355 e. The quantitative estimate of drug-likeness (QED) is 0.805. The van der Waals surface area contributed by atoms with Crippen molar-refractivity contribution < 1.29 is 9.59 Å². The van der Waals surface area contributed by atoms with E-state index in [0.717, 1.165) is 5.75 Å². The number of hydrogen-bond donors (Lipinski definition) is 2. The van der Waals surface area contributed by atoms with Crippen molar-refractivity contribution in [3.63, 3.8) is 0 Å². The predicted molar refractivity (Wildman–Crippen MR) is 98.1 cm³/mol. The van der Waals surface area contributed by atoms with E-state index in [-0.39, 0.29) is 17.2 Å². The van der Waals surface area contributed by atoms with Gasteiger partial charge in [-0.05, 0) is 48.5 Å². The van der Waals surface area contributed by atoms with Gasteiger partial charge in [-0.2, -0.15) is 11.8 Å². The average Bonchev–Trinajstić information content (AvgIpc) is 2.50. The van der Waals surface area contributed by atoms with Crippen LogP contribution in [0.1, 0.15) is 50.0 Å². The van der Waals surface area contributed by atoms with Crippen LogP contribution in [0.15, 0.2) is 24.3 Å². The van der Waals surface area contributed by atoms with Crippen molar-refractivity contribution in [2.24, 2.45) is 0 Å². The zero-order valence-corrected chi connectivity index (χ0v) is 15.5. The van der Waals surface area contributed by atoms with Crippen LogP contribution >= 0.6 is 11.8 Å². The van der Waals surface area contributed by atoms with Gasteiger partial charge in [0, 0.05) is 12.1 Å². The third-order valence-electron chi connectivity index (χ3n) is 3.60. The van der Waals surface area contributed by atoms with Crippen molar-refractivity contribution >= 4 is 23.6 Å². The van der Waals surface area contributed by atoms with Gasteiger partial charge in [-0.1, -0.05) is 32.9 Å². The topological polar surface area (TPSA) is 58.2 Å². The van der Waals surface area contributed by atoms with Crippen LogP contribution < -0.4 is 10.6 Å². The highest BCUT2D eigenvalue weighted by atomic mass is 32.2. The van der Waals surface area contributed by atoms with Crippen LogP contribution in [0.3, 0.4) is 0 Å². The van der Waals surface area contributed by atoms with Crippen LogP contribution in [0.2, 0.25) is 0 Å². The minimum Gasteiger partial charge on any atom is -0.355 e. The molecule has 1 unspecified atom stereocenters. The van der Waals surface area contributed by atoms with E-state index in [1.165, 1.54) is 5.56 Å². The van der Waals surface area contributed by atoms with Crippen LogP contribution in [0, 0.1) is 0 Å². The summed E-state index contributed by atoms with van der Waals surface area (Å²) >= 11 is 1.66. The minimum absolute atomic E-state index is 0.0525. The summed E-state index contributed by atoms with van der Waals surface area (Å²) in [5, 5.41) is 5.62. The van der Waals surface area contributed by atoms with Gasteiger partial charge in [0.05, 0.1) is 0 Å². The van der Waals surface area contributed by atoms with E-state index in [0.29, 0.717) is 18.5 Å². The first-order chi connectivity index (χ1) is 10.8. The Kier molecular flexibility index (Phi) is 7.62. The normalized spacial score (nSPS) is 12.6. The second kappa shape index (κ2) is 8.96. The van der Waals surface area contributed by atoms with Crippen molar-refractivity contribution in [1.82, 2.24) is 10.6 Å². The standard InChI is InChI=1S/C18H28N2O2S/c1-6-19-17(22)15(11-12-23-5)20-16(21)13-7-9-14(10-8-13)18(2,3)4/h7-10,15H,6,11-12H2,1-5H3,(H,19,22)(H,20,21). The molecule has 0 aliphatic carbocycles. The molecule has 0 radical (unpaired) electrons. The Hall–Kier alpha value is -1.49. The van der Waals surface area contributed by atoms with E-state index in [2.05, 4.69) is 31.4 Å². The Labute approximate surface area is 143 Å². The molecule has 2 N–H and O–H groups in total. The van der Waals surface area contributed by atoms with Gasteiger partial charge in [0.1, 0.15) is 6.04 Å². The van der Waals surface area contributed by atoms with Crippen LogP contribution in [-0.4, -0.2) is 36.4 Å². The summed E-state index contributed by atoms with van der Waals surface area (Å²) in [4.78, 5) is 24.5. The van der Waals surface area contributed by atoms with Crippen molar-refractivity contribution in [1.29, 1.82) is 0 Å². The molecule has 0 aromatic heterocycles. The maximum absolute atomic E-state index is 12.4. The second-order valence-corrected chi connectivity index (χ2v) is 7.52. The van der Waals surface area contributed by atoms with Crippen molar-refractivity contribution in [2.45, 2.75) is 45.6 Å². The second-order valence-electron chi connectivity index (χ2n) is 6.53. The average molecular weight is 337 g/mol. The number of likely N-dealkylation sites (N-methyl/N-ethyl adjacent to an activating group) is 1. The van der Waals surface area contributed by atoms with Gasteiger partial charge in [0.2, 0.25) is 5.91 Å². The molecule has 1 atom stereocenters. The molecule has 5 heteroatoms. The van der Waals surface area contributed by atoms with E-state index < -0.39 is 6.04 Å². The summed E-state index contributed by atoms with van der Waals surface area (Å²) in [6.45, 7) is 8.84. The molecule has 1 aromatic carbocycles. The fourth-order valence-electron chi connectivity index (χ4n) is 2.17. The summed E-state index contributed by atoms with van der Waals surface area (Å²) in [6.07, 6.45) is 2.61. The highest BCUT2D eigenvalue weighted by molar-refractivity contribution is 7.98. The summed E-state index contributed by atoms with van der Waals surface area (Å²) in [5.41, 5.74) is 1.81. The Morgan fingerprint density at radius 2 is 1.78 bits per heavy atom. The first-order valence-electron chi connectivity index (χ1n) is 7.97. The lowest BCUT2D eigenvalue weighted by molar-refractivity contribution is -0.122. The maximum Gasteiger partial charge on any atom is 0.251 e. The van der Waals surface area contributed by atoms with E-state index in [1.54, 1.807) is 11.8 Å². The number of thioether (sulfide) groups is 1. The molecular weight excluding hydrogens is 308 g/mol. The Morgan fingerprint density at radius 3 is 2.26 bits per heavy atom. The Morgan fingerprint density at radius 1 is 1.17 bits per heavy atom. The number of carbonyl (C=O) groups excluding carboxylic acids is 2. The smallest absolute Gasteiger partial charge is 0.251 e. The van der Waals surface area contributed by atoms with Gasteiger partial charge in [-0.25, -0.2) is 0 Å². The summed E-state index contributed by atoms with van der Waals surface area (Å²) in [6, 6.07) is 7.09. The molecule has 1 rings (SSSR count). The van der Waals surface area contributed by atoms with Crippen LogP contribution in [0.5, 0.6) is 0 Å². The SMILES string of the molecule is CCNC(=O)C(CCSC)NC(=O)c1ccc(C(C)(C)C)cc1. The maximum atomic E-state index is 12.4. The number of benzene rings is 1. The number of nitrogens with one attached hydrogen (secondary N) is 2. The van der Waals surface area contributed by atoms with Crippen LogP contribution in [-0.2, 0) is 10.2 Å². The number of rotatable bonds is 7. The first-order valence-corrected chi connectivity index (χ1v) is 9.37. The van der Waals surface area contributed by atoms with Gasteiger partial charge < -0.3 is 10.6 Å². The molecule has 128 valence electrons. The fraction of sp³-hybridized carbons (Fsp3) is 0.556. The number of hydrogen-bond acceptors (Lipinski definition) is 3. The van der Waals surface area contributed by atoms with Gasteiger partial charge in [0.25, 0.3) is 5.91 Å². The molecule has 0 fully saturated rings. The Bertz CT molecular complexity index is 521. The number of amides is 2. The highest BCUT2D eigenvalue weighted by Gasteiger charge is 2.21. The van der Waals surface area contributed by atoms with Gasteiger partial charge in [-0.3, -0.25) is 9.59 Å². The van der Waals surface area contributed by atoms with Gasteiger partial charge in [0.15, 0.2) is 0 Å². The van der Waals surface area contributed by atoms with E-state index in [4.69, 9.17) is 0 Å². The fourth-order valence-corrected chi connectivity index (χ4v) is 2.64. The van der Waals surface area contributed by atoms with Crippen LogP contribution in [0.4, 0.5) is 0 Å². The van der Waals surface area contributed by atoms with Gasteiger partial charge in [-0.15, -0.1) is 0 Å². The third-order valence-corrected chi connectivity index (χ3v) is 4.24. The molecule has 23 heavy (non-hydrogen) atoms. The first kappa shape index (κ1) is 19.6. The molecule has 0 aliphatic rings. The van der Waals surface area contributed by atoms with Crippen molar-refractivity contribution in [3.8, 4) is 0 Å². The summed E-state index contributed by atoms with van der Waals surface area (Å²) in [7, 11) is 0. The number of carbonyl (C=O) groups is 2. The lowest BCUT2D eigenvalue weighted by Crippen LogP contribution is -2.47. The monoisotopic (exact) mass is 336 g/mol. The Balaban J connectivity index is 2.79. The molecule has 1 aromatic rings. The van der Waals surface area contributed by atoms with Gasteiger partial charge >= 0.3 is 0 Å². The molecule has 0 spiro atoms. The molecule has 0 saturated carbocycles. The molecule has 4 nitrogen and oxygen atoms in total. The van der Waals surface area contributed by atoms with Crippen LogP contribution in [0.25, 0.3) is 0 Å². The molecule has 2 amide bonds. The molecule has 0 saturated heterocycles. The minimum atomic E-state index is -0.489. The summed E-state index contributed by atoms with van der Waals surface area (Å²) < 4.78 is 0. The van der Waals surface area contributed by atoms with E-state index in [9.17, 15) is 9.59 Å². The zero-order valence-electron chi connectivity index (χ0n) is 14.7. The van der Waals surface area contributed by atoms with E-state index >= 15 is 0 Å². The molecule has 0 aliphatic heterocycles. The lowest BCUT2D eigenvalue weighted by Gasteiger charge is -2.20. The third kappa shape index (κ3) is 6.26. The van der Waals surface area contributed by atoms with Crippen molar-refractivity contribution in [2.75, 3.05) is 18.6 Å². The lowest BCUT2D eigenvalue weighted by atomic mass is 9.86. The van der Waals surface area contributed by atoms with Crippen molar-refractivity contribution in [3.05, 3.63) is 35.4 Å². The van der Waals surface area contributed by atoms with E-state index in [1.807, 2.05) is 37.4 Å².